The molecule has 0 aromatic carbocycles. The molecule has 0 atom stereocenters. The van der Waals surface area contributed by atoms with Crippen molar-refractivity contribution < 1.29 is 9.47 Å². The van der Waals surface area contributed by atoms with Gasteiger partial charge in [0.2, 0.25) is 11.8 Å². The Hall–Kier alpha value is -1.19. The van der Waals surface area contributed by atoms with Gasteiger partial charge in [0.05, 0.1) is 13.2 Å². The Balaban J connectivity index is 2.32. The van der Waals surface area contributed by atoms with Gasteiger partial charge >= 0.3 is 0 Å². The normalized spacial score (nSPS) is 15.8. The summed E-state index contributed by atoms with van der Waals surface area (Å²) in [6.45, 7) is 5.17. The van der Waals surface area contributed by atoms with Crippen LogP contribution in [-0.2, 0) is 9.47 Å². The summed E-state index contributed by atoms with van der Waals surface area (Å²) in [5.74, 6) is 1.42. The van der Waals surface area contributed by atoms with Gasteiger partial charge in [0.15, 0.2) is 0 Å². The van der Waals surface area contributed by atoms with Crippen LogP contribution in [0.1, 0.15) is 20.3 Å². The van der Waals surface area contributed by atoms with E-state index in [0.29, 0.717) is 31.4 Å². The maximum absolute atomic E-state index is 5.20. The predicted molar refractivity (Wildman–Crippen MR) is 46.5 cm³/mol. The number of hydrogen-bond donors (Lipinski definition) is 1. The summed E-state index contributed by atoms with van der Waals surface area (Å²) in [5, 5.41) is 3.97. The standard InChI is InChI=1S/C8H14N2O2/c1-3-11-7-5-6-8(10-9-7)12-4-2/h5,9H,3-4,6H2,1-2H3. The minimum Gasteiger partial charge on any atom is -0.480 e. The topological polar surface area (TPSA) is 42.9 Å². The summed E-state index contributed by atoms with van der Waals surface area (Å²) in [7, 11) is 0. The fourth-order valence-electron chi connectivity index (χ4n) is 0.893. The van der Waals surface area contributed by atoms with E-state index in [1.54, 1.807) is 0 Å². The van der Waals surface area contributed by atoms with E-state index in [-0.39, 0.29) is 0 Å². The first-order valence-corrected chi connectivity index (χ1v) is 4.15. The van der Waals surface area contributed by atoms with Crippen LogP contribution in [0.25, 0.3) is 0 Å². The summed E-state index contributed by atoms with van der Waals surface area (Å²) in [4.78, 5) is 0. The van der Waals surface area contributed by atoms with Crippen molar-refractivity contribution in [1.82, 2.24) is 5.43 Å². The van der Waals surface area contributed by atoms with Gasteiger partial charge < -0.3 is 9.47 Å². The Kier molecular flexibility index (Phi) is 3.44. The van der Waals surface area contributed by atoms with Gasteiger partial charge in [0.1, 0.15) is 0 Å². The van der Waals surface area contributed by atoms with Crippen molar-refractivity contribution in [3.8, 4) is 0 Å². The molecule has 0 fully saturated rings. The second-order valence-electron chi connectivity index (χ2n) is 2.26. The van der Waals surface area contributed by atoms with Crippen molar-refractivity contribution in [2.24, 2.45) is 5.10 Å². The van der Waals surface area contributed by atoms with Gasteiger partial charge in [-0.05, 0) is 19.9 Å². The van der Waals surface area contributed by atoms with Crippen LogP contribution in [0.15, 0.2) is 17.1 Å². The first-order chi connectivity index (χ1) is 5.86. The van der Waals surface area contributed by atoms with Crippen LogP contribution in [-0.4, -0.2) is 19.1 Å². The molecule has 0 spiro atoms. The van der Waals surface area contributed by atoms with Crippen LogP contribution < -0.4 is 5.43 Å². The van der Waals surface area contributed by atoms with E-state index in [2.05, 4.69) is 10.5 Å². The molecule has 1 heterocycles. The van der Waals surface area contributed by atoms with Gasteiger partial charge in [-0.25, -0.2) is 5.43 Å². The van der Waals surface area contributed by atoms with Crippen LogP contribution in [0, 0.1) is 0 Å². The van der Waals surface area contributed by atoms with Crippen molar-refractivity contribution in [3.63, 3.8) is 0 Å². The van der Waals surface area contributed by atoms with Crippen molar-refractivity contribution in [3.05, 3.63) is 12.0 Å². The number of hydrazone groups is 1. The zero-order chi connectivity index (χ0) is 8.81. The molecular weight excluding hydrogens is 156 g/mol. The van der Waals surface area contributed by atoms with Crippen LogP contribution in [0.4, 0.5) is 0 Å². The zero-order valence-electron chi connectivity index (χ0n) is 7.46. The molecule has 0 aromatic heterocycles. The maximum Gasteiger partial charge on any atom is 0.210 e. The fourth-order valence-corrected chi connectivity index (χ4v) is 0.893. The van der Waals surface area contributed by atoms with E-state index in [0.717, 1.165) is 0 Å². The lowest BCUT2D eigenvalue weighted by molar-refractivity contribution is 0.201. The van der Waals surface area contributed by atoms with Crippen molar-refractivity contribution in [2.45, 2.75) is 20.3 Å². The van der Waals surface area contributed by atoms with Gasteiger partial charge in [-0.15, -0.1) is 5.10 Å². The Bertz CT molecular complexity index is 177. The third kappa shape index (κ3) is 2.45. The Morgan fingerprint density at radius 3 is 2.67 bits per heavy atom. The minimum atomic E-state index is 0.651. The van der Waals surface area contributed by atoms with Gasteiger partial charge in [-0.1, -0.05) is 0 Å². The smallest absolute Gasteiger partial charge is 0.210 e. The molecule has 0 radical (unpaired) electrons. The van der Waals surface area contributed by atoms with E-state index >= 15 is 0 Å². The molecule has 0 bridgehead atoms. The van der Waals surface area contributed by atoms with Crippen molar-refractivity contribution >= 4 is 5.90 Å². The average molecular weight is 170 g/mol. The quantitative estimate of drug-likeness (QED) is 0.692. The summed E-state index contributed by atoms with van der Waals surface area (Å²) >= 11 is 0. The average Bonchev–Trinajstić information content (AvgIpc) is 2.09. The lowest BCUT2D eigenvalue weighted by Crippen LogP contribution is -2.19. The molecule has 1 aliphatic rings. The molecule has 1 rings (SSSR count). The van der Waals surface area contributed by atoms with Crippen LogP contribution in [0.3, 0.4) is 0 Å². The molecular formula is C8H14N2O2. The third-order valence-electron chi connectivity index (χ3n) is 1.36. The molecule has 4 heteroatoms. The highest BCUT2D eigenvalue weighted by Gasteiger charge is 2.06. The molecule has 0 unspecified atom stereocenters. The summed E-state index contributed by atoms with van der Waals surface area (Å²) in [5.41, 5.74) is 2.76. The van der Waals surface area contributed by atoms with E-state index in [1.807, 2.05) is 19.9 Å². The minimum absolute atomic E-state index is 0.651. The molecule has 68 valence electrons. The molecule has 0 aromatic rings. The van der Waals surface area contributed by atoms with E-state index in [9.17, 15) is 0 Å². The van der Waals surface area contributed by atoms with E-state index in [4.69, 9.17) is 9.47 Å². The van der Waals surface area contributed by atoms with Crippen molar-refractivity contribution in [1.29, 1.82) is 0 Å². The zero-order valence-corrected chi connectivity index (χ0v) is 7.46. The Morgan fingerprint density at radius 2 is 2.17 bits per heavy atom. The highest BCUT2D eigenvalue weighted by atomic mass is 16.5. The summed E-state index contributed by atoms with van der Waals surface area (Å²) in [6.07, 6.45) is 2.62. The third-order valence-corrected chi connectivity index (χ3v) is 1.36. The van der Waals surface area contributed by atoms with Gasteiger partial charge in [-0.3, -0.25) is 0 Å². The van der Waals surface area contributed by atoms with Gasteiger partial charge in [0, 0.05) is 6.42 Å². The summed E-state index contributed by atoms with van der Waals surface area (Å²) in [6, 6.07) is 0. The highest BCUT2D eigenvalue weighted by molar-refractivity contribution is 5.78. The van der Waals surface area contributed by atoms with Crippen LogP contribution in [0.2, 0.25) is 0 Å². The first-order valence-electron chi connectivity index (χ1n) is 4.15. The lowest BCUT2D eigenvalue weighted by atomic mass is 10.4. The monoisotopic (exact) mass is 170 g/mol. The molecule has 4 nitrogen and oxygen atoms in total. The van der Waals surface area contributed by atoms with Gasteiger partial charge in [-0.2, -0.15) is 0 Å². The molecule has 1 aliphatic heterocycles. The number of ether oxygens (including phenoxy) is 2. The van der Waals surface area contributed by atoms with Crippen LogP contribution in [0.5, 0.6) is 0 Å². The fraction of sp³-hybridized carbons (Fsp3) is 0.625. The molecule has 0 saturated carbocycles. The lowest BCUT2D eigenvalue weighted by Gasteiger charge is -2.14. The van der Waals surface area contributed by atoms with E-state index in [1.165, 1.54) is 0 Å². The van der Waals surface area contributed by atoms with Crippen LogP contribution >= 0.6 is 0 Å². The SMILES string of the molecule is CCOC1=CCC(OCC)=NN1. The maximum atomic E-state index is 5.20. The van der Waals surface area contributed by atoms with E-state index < -0.39 is 0 Å². The Morgan fingerprint density at radius 1 is 1.42 bits per heavy atom. The van der Waals surface area contributed by atoms with Crippen molar-refractivity contribution in [2.75, 3.05) is 13.2 Å². The predicted octanol–water partition coefficient (Wildman–Crippen LogP) is 1.21. The molecule has 1 N–H and O–H groups in total. The number of hydrogen-bond acceptors (Lipinski definition) is 4. The first kappa shape index (κ1) is 8.90. The second kappa shape index (κ2) is 4.64. The molecule has 0 saturated heterocycles. The number of nitrogens with zero attached hydrogens (tertiary/aromatic N) is 1. The number of nitrogens with one attached hydrogen (secondary N) is 1. The highest BCUT2D eigenvalue weighted by Crippen LogP contribution is 2.03. The Labute approximate surface area is 72.2 Å². The summed E-state index contributed by atoms with van der Waals surface area (Å²) < 4.78 is 10.4. The largest absolute Gasteiger partial charge is 0.480 e. The second-order valence-corrected chi connectivity index (χ2v) is 2.26. The molecule has 0 amide bonds. The number of rotatable bonds is 3. The molecule has 0 aliphatic carbocycles. The van der Waals surface area contributed by atoms with Gasteiger partial charge in [0.25, 0.3) is 0 Å². The molecule has 12 heavy (non-hydrogen) atoms.